The van der Waals surface area contributed by atoms with Gasteiger partial charge >= 0.3 is 0 Å². The molecule has 0 radical (unpaired) electrons. The number of benzene rings is 1. The van der Waals surface area contributed by atoms with Crippen molar-refractivity contribution in [2.75, 3.05) is 23.7 Å². The maximum Gasteiger partial charge on any atom is 0.131 e. The number of hydrogen-bond donors (Lipinski definition) is 2. The van der Waals surface area contributed by atoms with Crippen LogP contribution in [0.2, 0.25) is 0 Å². The maximum atomic E-state index is 4.41. The Labute approximate surface area is 120 Å². The fourth-order valence-electron chi connectivity index (χ4n) is 1.98. The summed E-state index contributed by atoms with van der Waals surface area (Å²) in [4.78, 5) is 8.79. The molecule has 2 N–H and O–H groups in total. The summed E-state index contributed by atoms with van der Waals surface area (Å²) in [5.41, 5.74) is 1.33. The number of rotatable bonds is 7. The standard InChI is InChI=1S/C16H22N4/c1-3-10-17-15-12-16(20-13(2)19-15)18-11-9-14-7-5-4-6-8-14/h4-8,12H,3,9-11H2,1-2H3,(H2,17,18,19,20). The Kier molecular flexibility index (Phi) is 5.35. The van der Waals surface area contributed by atoms with Crippen molar-refractivity contribution in [2.24, 2.45) is 0 Å². The number of nitrogens with zero attached hydrogens (tertiary/aromatic N) is 2. The molecule has 1 heterocycles. The van der Waals surface area contributed by atoms with Crippen LogP contribution in [0.5, 0.6) is 0 Å². The van der Waals surface area contributed by atoms with Crippen LogP contribution in [-0.4, -0.2) is 23.1 Å². The molecule has 0 fully saturated rings. The van der Waals surface area contributed by atoms with E-state index in [1.807, 2.05) is 19.1 Å². The molecule has 0 bridgehead atoms. The van der Waals surface area contributed by atoms with Gasteiger partial charge < -0.3 is 10.6 Å². The lowest BCUT2D eigenvalue weighted by Gasteiger charge is -2.09. The highest BCUT2D eigenvalue weighted by atomic mass is 15.1. The number of aromatic nitrogens is 2. The Morgan fingerprint density at radius 2 is 1.60 bits per heavy atom. The van der Waals surface area contributed by atoms with Gasteiger partial charge in [-0.25, -0.2) is 9.97 Å². The van der Waals surface area contributed by atoms with Gasteiger partial charge in [0.2, 0.25) is 0 Å². The second-order valence-electron chi connectivity index (χ2n) is 4.77. The quantitative estimate of drug-likeness (QED) is 0.811. The van der Waals surface area contributed by atoms with E-state index < -0.39 is 0 Å². The lowest BCUT2D eigenvalue weighted by atomic mass is 10.1. The molecule has 4 heteroatoms. The lowest BCUT2D eigenvalue weighted by Crippen LogP contribution is -2.09. The van der Waals surface area contributed by atoms with Gasteiger partial charge in [0.25, 0.3) is 0 Å². The molecule has 106 valence electrons. The van der Waals surface area contributed by atoms with Crippen molar-refractivity contribution in [3.63, 3.8) is 0 Å². The Balaban J connectivity index is 1.90. The fourth-order valence-corrected chi connectivity index (χ4v) is 1.98. The van der Waals surface area contributed by atoms with Crippen LogP contribution in [-0.2, 0) is 6.42 Å². The highest BCUT2D eigenvalue weighted by molar-refractivity contribution is 5.47. The summed E-state index contributed by atoms with van der Waals surface area (Å²) in [6, 6.07) is 12.4. The zero-order valence-corrected chi connectivity index (χ0v) is 12.2. The van der Waals surface area contributed by atoms with Crippen molar-refractivity contribution in [3.8, 4) is 0 Å². The maximum absolute atomic E-state index is 4.41. The average molecular weight is 270 g/mol. The van der Waals surface area contributed by atoms with Crippen LogP contribution in [0.1, 0.15) is 24.7 Å². The molecule has 0 amide bonds. The summed E-state index contributed by atoms with van der Waals surface area (Å²) in [6.45, 7) is 5.85. The van der Waals surface area contributed by atoms with Gasteiger partial charge in [0.15, 0.2) is 0 Å². The number of hydrogen-bond acceptors (Lipinski definition) is 4. The van der Waals surface area contributed by atoms with E-state index in [-0.39, 0.29) is 0 Å². The summed E-state index contributed by atoms with van der Waals surface area (Å²) in [5.74, 6) is 2.56. The molecule has 2 aromatic rings. The average Bonchev–Trinajstić information content (AvgIpc) is 2.46. The fraction of sp³-hybridized carbons (Fsp3) is 0.375. The van der Waals surface area contributed by atoms with E-state index in [1.165, 1.54) is 5.56 Å². The summed E-state index contributed by atoms with van der Waals surface area (Å²) in [6.07, 6.45) is 2.07. The Morgan fingerprint density at radius 3 is 2.25 bits per heavy atom. The van der Waals surface area contributed by atoms with Crippen molar-refractivity contribution in [3.05, 3.63) is 47.8 Å². The lowest BCUT2D eigenvalue weighted by molar-refractivity contribution is 0.946. The highest BCUT2D eigenvalue weighted by Crippen LogP contribution is 2.11. The summed E-state index contributed by atoms with van der Waals surface area (Å²) in [7, 11) is 0. The number of anilines is 2. The van der Waals surface area contributed by atoms with Gasteiger partial charge in [-0.3, -0.25) is 0 Å². The van der Waals surface area contributed by atoms with Gasteiger partial charge in [0, 0.05) is 19.2 Å². The van der Waals surface area contributed by atoms with Gasteiger partial charge in [-0.1, -0.05) is 37.3 Å². The third-order valence-corrected chi connectivity index (χ3v) is 2.96. The summed E-state index contributed by atoms with van der Waals surface area (Å²) >= 11 is 0. The van der Waals surface area contributed by atoms with Gasteiger partial charge in [-0.15, -0.1) is 0 Å². The third-order valence-electron chi connectivity index (χ3n) is 2.96. The van der Waals surface area contributed by atoms with Crippen LogP contribution in [0.4, 0.5) is 11.6 Å². The third kappa shape index (κ3) is 4.53. The topological polar surface area (TPSA) is 49.8 Å². The molecule has 0 aliphatic rings. The van der Waals surface area contributed by atoms with E-state index in [4.69, 9.17) is 0 Å². The Hall–Kier alpha value is -2.10. The first-order valence-electron chi connectivity index (χ1n) is 7.15. The minimum absolute atomic E-state index is 0.785. The molecular weight excluding hydrogens is 248 g/mol. The zero-order chi connectivity index (χ0) is 14.2. The van der Waals surface area contributed by atoms with Crippen molar-refractivity contribution >= 4 is 11.6 Å². The van der Waals surface area contributed by atoms with Crippen LogP contribution in [0.3, 0.4) is 0 Å². The molecule has 0 spiro atoms. The van der Waals surface area contributed by atoms with Crippen molar-refractivity contribution in [1.82, 2.24) is 9.97 Å². The van der Waals surface area contributed by atoms with Crippen molar-refractivity contribution < 1.29 is 0 Å². The Morgan fingerprint density at radius 1 is 0.950 bits per heavy atom. The van der Waals surface area contributed by atoms with E-state index in [2.05, 4.69) is 51.8 Å². The molecule has 0 aliphatic carbocycles. The van der Waals surface area contributed by atoms with E-state index in [0.717, 1.165) is 43.4 Å². The summed E-state index contributed by atoms with van der Waals surface area (Å²) < 4.78 is 0. The zero-order valence-electron chi connectivity index (χ0n) is 12.2. The van der Waals surface area contributed by atoms with Gasteiger partial charge in [-0.05, 0) is 25.3 Å². The van der Waals surface area contributed by atoms with E-state index in [0.29, 0.717) is 0 Å². The molecule has 0 unspecified atom stereocenters. The predicted molar refractivity (Wildman–Crippen MR) is 84.2 cm³/mol. The molecule has 1 aromatic heterocycles. The number of nitrogens with one attached hydrogen (secondary N) is 2. The van der Waals surface area contributed by atoms with Gasteiger partial charge in [-0.2, -0.15) is 0 Å². The first kappa shape index (κ1) is 14.3. The second kappa shape index (κ2) is 7.48. The molecule has 1 aromatic carbocycles. The normalized spacial score (nSPS) is 10.3. The summed E-state index contributed by atoms with van der Waals surface area (Å²) in [5, 5.41) is 6.65. The first-order chi connectivity index (χ1) is 9.78. The monoisotopic (exact) mass is 270 g/mol. The van der Waals surface area contributed by atoms with Crippen molar-refractivity contribution in [1.29, 1.82) is 0 Å². The SMILES string of the molecule is CCCNc1cc(NCCc2ccccc2)nc(C)n1. The smallest absolute Gasteiger partial charge is 0.131 e. The molecular formula is C16H22N4. The predicted octanol–water partition coefficient (Wildman–Crippen LogP) is 3.26. The van der Waals surface area contributed by atoms with Crippen molar-refractivity contribution in [2.45, 2.75) is 26.7 Å². The molecule has 0 saturated heterocycles. The van der Waals surface area contributed by atoms with E-state index in [1.54, 1.807) is 0 Å². The largest absolute Gasteiger partial charge is 0.370 e. The molecule has 2 rings (SSSR count). The molecule has 0 saturated carbocycles. The highest BCUT2D eigenvalue weighted by Gasteiger charge is 2.01. The molecule has 0 aliphatic heterocycles. The Bertz CT molecular complexity index is 525. The molecule has 4 nitrogen and oxygen atoms in total. The minimum Gasteiger partial charge on any atom is -0.370 e. The van der Waals surface area contributed by atoms with Crippen LogP contribution in [0, 0.1) is 6.92 Å². The van der Waals surface area contributed by atoms with E-state index >= 15 is 0 Å². The van der Waals surface area contributed by atoms with Gasteiger partial charge in [0.05, 0.1) is 0 Å². The van der Waals surface area contributed by atoms with Crippen LogP contribution >= 0.6 is 0 Å². The molecule has 20 heavy (non-hydrogen) atoms. The van der Waals surface area contributed by atoms with Gasteiger partial charge in [0.1, 0.15) is 17.5 Å². The molecule has 0 atom stereocenters. The second-order valence-corrected chi connectivity index (χ2v) is 4.77. The van der Waals surface area contributed by atoms with E-state index in [9.17, 15) is 0 Å². The van der Waals surface area contributed by atoms with Crippen LogP contribution < -0.4 is 10.6 Å². The first-order valence-corrected chi connectivity index (χ1v) is 7.15. The number of aryl methyl sites for hydroxylation is 1. The van der Waals surface area contributed by atoms with Crippen LogP contribution in [0.25, 0.3) is 0 Å². The van der Waals surface area contributed by atoms with Crippen LogP contribution in [0.15, 0.2) is 36.4 Å². The minimum atomic E-state index is 0.785.